The predicted octanol–water partition coefficient (Wildman–Crippen LogP) is 4.14. The average molecular weight is 262 g/mol. The second-order valence-corrected chi connectivity index (χ2v) is 5.58. The lowest BCUT2D eigenvalue weighted by molar-refractivity contribution is -0.384. The van der Waals surface area contributed by atoms with Crippen LogP contribution in [0.1, 0.15) is 38.7 Å². The summed E-state index contributed by atoms with van der Waals surface area (Å²) in [4.78, 5) is 10.8. The van der Waals surface area contributed by atoms with E-state index in [1.54, 1.807) is 12.1 Å². The summed E-state index contributed by atoms with van der Waals surface area (Å²) in [6, 6.07) is 5.59. The molecule has 0 aromatic heterocycles. The highest BCUT2D eigenvalue weighted by atomic mass is 16.6. The quantitative estimate of drug-likeness (QED) is 0.655. The number of nitrogens with one attached hydrogen (secondary N) is 1. The zero-order chi connectivity index (χ0) is 14.0. The van der Waals surface area contributed by atoms with Crippen molar-refractivity contribution in [2.75, 3.05) is 5.32 Å². The van der Waals surface area contributed by atoms with Gasteiger partial charge in [-0.1, -0.05) is 32.4 Å². The van der Waals surface area contributed by atoms with Gasteiger partial charge in [0.25, 0.3) is 5.69 Å². The first-order valence-corrected chi connectivity index (χ1v) is 7.05. The maximum atomic E-state index is 11.1. The number of hydrogen-bond donors (Lipinski definition) is 1. The van der Waals surface area contributed by atoms with E-state index in [4.69, 9.17) is 0 Å². The van der Waals surface area contributed by atoms with E-state index in [1.165, 1.54) is 12.8 Å². The molecule has 1 fully saturated rings. The van der Waals surface area contributed by atoms with E-state index in [-0.39, 0.29) is 10.6 Å². The van der Waals surface area contributed by atoms with Gasteiger partial charge >= 0.3 is 0 Å². The Morgan fingerprint density at radius 3 is 2.74 bits per heavy atom. The topological polar surface area (TPSA) is 55.2 Å². The SMILES string of the molecule is CCC1CCC(Nc2c(C)cccc2[N+](=O)[O-])C1C. The maximum Gasteiger partial charge on any atom is 0.292 e. The van der Waals surface area contributed by atoms with Crippen LogP contribution in [0.4, 0.5) is 11.4 Å². The monoisotopic (exact) mass is 262 g/mol. The molecule has 0 saturated heterocycles. The van der Waals surface area contributed by atoms with E-state index >= 15 is 0 Å². The Morgan fingerprint density at radius 1 is 1.42 bits per heavy atom. The van der Waals surface area contributed by atoms with E-state index in [0.29, 0.717) is 17.6 Å². The second kappa shape index (κ2) is 5.59. The number of anilines is 1. The van der Waals surface area contributed by atoms with Gasteiger partial charge in [-0.25, -0.2) is 0 Å². The molecular formula is C15H22N2O2. The van der Waals surface area contributed by atoms with Crippen LogP contribution in [-0.2, 0) is 0 Å². The van der Waals surface area contributed by atoms with Gasteiger partial charge in [0, 0.05) is 12.1 Å². The van der Waals surface area contributed by atoms with Gasteiger partial charge in [0.05, 0.1) is 4.92 Å². The van der Waals surface area contributed by atoms with Crippen molar-refractivity contribution in [3.63, 3.8) is 0 Å². The Bertz CT molecular complexity index is 473. The fourth-order valence-electron chi connectivity index (χ4n) is 3.21. The zero-order valence-electron chi connectivity index (χ0n) is 11.8. The van der Waals surface area contributed by atoms with Crippen molar-refractivity contribution < 1.29 is 4.92 Å². The lowest BCUT2D eigenvalue weighted by atomic mass is 9.93. The average Bonchev–Trinajstić information content (AvgIpc) is 2.72. The molecular weight excluding hydrogens is 240 g/mol. The van der Waals surface area contributed by atoms with Crippen LogP contribution in [0.3, 0.4) is 0 Å². The summed E-state index contributed by atoms with van der Waals surface area (Å²) in [7, 11) is 0. The normalized spacial score (nSPS) is 26.4. The molecule has 1 aliphatic carbocycles. The molecule has 3 atom stereocenters. The third kappa shape index (κ3) is 2.72. The summed E-state index contributed by atoms with van der Waals surface area (Å²) < 4.78 is 0. The molecule has 4 nitrogen and oxygen atoms in total. The molecule has 0 radical (unpaired) electrons. The van der Waals surface area contributed by atoms with Gasteiger partial charge in [-0.3, -0.25) is 10.1 Å². The molecule has 2 rings (SSSR count). The minimum atomic E-state index is -0.299. The molecule has 4 heteroatoms. The molecule has 0 spiro atoms. The molecule has 1 aliphatic rings. The Labute approximate surface area is 114 Å². The van der Waals surface area contributed by atoms with E-state index in [2.05, 4.69) is 19.2 Å². The fraction of sp³-hybridized carbons (Fsp3) is 0.600. The zero-order valence-corrected chi connectivity index (χ0v) is 11.8. The van der Waals surface area contributed by atoms with Crippen molar-refractivity contribution in [1.29, 1.82) is 0 Å². The molecule has 1 aromatic carbocycles. The van der Waals surface area contributed by atoms with Crippen LogP contribution in [0, 0.1) is 28.9 Å². The van der Waals surface area contributed by atoms with Crippen LogP contribution >= 0.6 is 0 Å². The number of nitro groups is 1. The van der Waals surface area contributed by atoms with Crippen LogP contribution < -0.4 is 5.32 Å². The third-order valence-electron chi connectivity index (χ3n) is 4.53. The van der Waals surface area contributed by atoms with Gasteiger partial charge in [-0.05, 0) is 37.2 Å². The number of nitro benzene ring substituents is 1. The van der Waals surface area contributed by atoms with Crippen molar-refractivity contribution in [3.05, 3.63) is 33.9 Å². The van der Waals surface area contributed by atoms with Crippen molar-refractivity contribution >= 4 is 11.4 Å². The van der Waals surface area contributed by atoms with Crippen molar-refractivity contribution in [1.82, 2.24) is 0 Å². The number of aryl methyl sites for hydroxylation is 1. The van der Waals surface area contributed by atoms with Crippen LogP contribution in [0.25, 0.3) is 0 Å². The molecule has 19 heavy (non-hydrogen) atoms. The molecule has 0 bridgehead atoms. The number of para-hydroxylation sites is 1. The van der Waals surface area contributed by atoms with E-state index in [1.807, 2.05) is 13.0 Å². The summed E-state index contributed by atoms with van der Waals surface area (Å²) in [5.41, 5.74) is 1.83. The number of hydrogen-bond acceptors (Lipinski definition) is 3. The number of rotatable bonds is 4. The highest BCUT2D eigenvalue weighted by Gasteiger charge is 2.32. The Morgan fingerprint density at radius 2 is 2.16 bits per heavy atom. The van der Waals surface area contributed by atoms with Crippen LogP contribution in [0.5, 0.6) is 0 Å². The standard InChI is InChI=1S/C15H22N2O2/c1-4-12-8-9-13(11(12)3)16-15-10(2)6-5-7-14(15)17(18)19/h5-7,11-13,16H,4,8-9H2,1-3H3. The summed E-state index contributed by atoms with van der Waals surface area (Å²) in [6.07, 6.45) is 3.51. The maximum absolute atomic E-state index is 11.1. The molecule has 1 aromatic rings. The first-order chi connectivity index (χ1) is 9.04. The highest BCUT2D eigenvalue weighted by molar-refractivity contribution is 5.66. The van der Waals surface area contributed by atoms with Gasteiger partial charge in [0.1, 0.15) is 5.69 Å². The third-order valence-corrected chi connectivity index (χ3v) is 4.53. The molecule has 3 unspecified atom stereocenters. The molecule has 0 amide bonds. The van der Waals surface area contributed by atoms with Gasteiger partial charge in [-0.15, -0.1) is 0 Å². The number of benzene rings is 1. The van der Waals surface area contributed by atoms with E-state index in [9.17, 15) is 10.1 Å². The predicted molar refractivity (Wildman–Crippen MR) is 77.4 cm³/mol. The smallest absolute Gasteiger partial charge is 0.292 e. The first kappa shape index (κ1) is 13.8. The van der Waals surface area contributed by atoms with Gasteiger partial charge < -0.3 is 5.32 Å². The summed E-state index contributed by atoms with van der Waals surface area (Å²) in [5.74, 6) is 1.31. The van der Waals surface area contributed by atoms with Gasteiger partial charge in [0.15, 0.2) is 0 Å². The van der Waals surface area contributed by atoms with Crippen LogP contribution in [0.15, 0.2) is 18.2 Å². The summed E-state index contributed by atoms with van der Waals surface area (Å²) in [5, 5.41) is 14.5. The summed E-state index contributed by atoms with van der Waals surface area (Å²) in [6.45, 7) is 6.40. The first-order valence-electron chi connectivity index (χ1n) is 7.05. The number of nitrogens with zero attached hydrogens (tertiary/aromatic N) is 1. The van der Waals surface area contributed by atoms with Gasteiger partial charge in [0.2, 0.25) is 0 Å². The van der Waals surface area contributed by atoms with E-state index < -0.39 is 0 Å². The molecule has 1 N–H and O–H groups in total. The van der Waals surface area contributed by atoms with Crippen LogP contribution in [-0.4, -0.2) is 11.0 Å². The molecule has 104 valence electrons. The van der Waals surface area contributed by atoms with E-state index in [0.717, 1.165) is 17.9 Å². The summed E-state index contributed by atoms with van der Waals surface area (Å²) >= 11 is 0. The van der Waals surface area contributed by atoms with Crippen molar-refractivity contribution in [2.24, 2.45) is 11.8 Å². The van der Waals surface area contributed by atoms with Crippen molar-refractivity contribution in [3.8, 4) is 0 Å². The Hall–Kier alpha value is -1.58. The lowest BCUT2D eigenvalue weighted by Crippen LogP contribution is -2.25. The molecule has 1 saturated carbocycles. The highest BCUT2D eigenvalue weighted by Crippen LogP contribution is 2.38. The minimum absolute atomic E-state index is 0.187. The largest absolute Gasteiger partial charge is 0.376 e. The molecule has 0 heterocycles. The molecule has 0 aliphatic heterocycles. The van der Waals surface area contributed by atoms with Gasteiger partial charge in [-0.2, -0.15) is 0 Å². The lowest BCUT2D eigenvalue weighted by Gasteiger charge is -2.22. The fourth-order valence-corrected chi connectivity index (χ4v) is 3.21. The Kier molecular flexibility index (Phi) is 4.08. The Balaban J connectivity index is 2.22. The van der Waals surface area contributed by atoms with Crippen LogP contribution in [0.2, 0.25) is 0 Å². The minimum Gasteiger partial charge on any atom is -0.376 e. The second-order valence-electron chi connectivity index (χ2n) is 5.58. The van der Waals surface area contributed by atoms with Crippen molar-refractivity contribution in [2.45, 2.75) is 46.1 Å².